The third-order valence-corrected chi connectivity index (χ3v) is 5.97. The summed E-state index contributed by atoms with van der Waals surface area (Å²) in [6.45, 7) is 2.57. The number of pyridine rings is 1. The Bertz CT molecular complexity index is 1620. The van der Waals surface area contributed by atoms with Crippen LogP contribution in [0.15, 0.2) is 64.4 Å². The predicted molar refractivity (Wildman–Crippen MR) is 130 cm³/mol. The highest BCUT2D eigenvalue weighted by atomic mass is 16.5. The molecule has 0 amide bonds. The first-order chi connectivity index (χ1) is 17.0. The minimum atomic E-state index is -0.485. The summed E-state index contributed by atoms with van der Waals surface area (Å²) in [7, 11) is 1.36. The Morgan fingerprint density at radius 2 is 1.80 bits per heavy atom. The number of fused-ring (bicyclic) bond motifs is 2. The van der Waals surface area contributed by atoms with E-state index in [0.717, 1.165) is 22.5 Å². The Labute approximate surface area is 199 Å². The third-order valence-electron chi connectivity index (χ3n) is 5.97. The molecule has 4 heterocycles. The summed E-state index contributed by atoms with van der Waals surface area (Å²) in [5.41, 5.74) is 3.08. The lowest BCUT2D eigenvalue weighted by molar-refractivity contribution is -0.139. The van der Waals surface area contributed by atoms with Crippen molar-refractivity contribution in [2.75, 3.05) is 7.11 Å². The van der Waals surface area contributed by atoms with E-state index in [4.69, 9.17) is 9.72 Å². The molecular weight excluding hydrogens is 448 g/mol. The Hall–Kier alpha value is -4.47. The Morgan fingerprint density at radius 1 is 1.03 bits per heavy atom. The van der Waals surface area contributed by atoms with Crippen LogP contribution in [0.25, 0.3) is 16.8 Å². The molecule has 0 radical (unpaired) electrons. The third kappa shape index (κ3) is 4.25. The number of nitrogens with one attached hydrogen (secondary N) is 1. The fourth-order valence-corrected chi connectivity index (χ4v) is 4.23. The molecule has 1 N–H and O–H groups in total. The van der Waals surface area contributed by atoms with E-state index in [1.54, 1.807) is 0 Å². The Kier molecular flexibility index (Phi) is 5.77. The average Bonchev–Trinajstić information content (AvgIpc) is 3.41. The zero-order valence-corrected chi connectivity index (χ0v) is 19.4. The molecule has 0 fully saturated rings. The van der Waals surface area contributed by atoms with E-state index in [2.05, 4.69) is 9.97 Å². The second kappa shape index (κ2) is 9.05. The molecular formula is C25H24N6O4. The summed E-state index contributed by atoms with van der Waals surface area (Å²) in [6.07, 6.45) is 4.42. The molecule has 0 spiro atoms. The number of aromatic nitrogens is 6. The van der Waals surface area contributed by atoms with Gasteiger partial charge in [0, 0.05) is 31.9 Å². The van der Waals surface area contributed by atoms with Gasteiger partial charge in [0.25, 0.3) is 5.56 Å². The zero-order valence-electron chi connectivity index (χ0n) is 19.4. The summed E-state index contributed by atoms with van der Waals surface area (Å²) in [5.74, 6) is 0.317. The fraction of sp³-hybridized carbons (Fsp3) is 0.240. The van der Waals surface area contributed by atoms with Gasteiger partial charge in [0.1, 0.15) is 11.5 Å². The maximum absolute atomic E-state index is 12.9. The van der Waals surface area contributed by atoms with Gasteiger partial charge in [0.15, 0.2) is 11.2 Å². The van der Waals surface area contributed by atoms with Gasteiger partial charge in [-0.1, -0.05) is 30.3 Å². The molecule has 0 unspecified atom stereocenters. The molecule has 0 aliphatic rings. The van der Waals surface area contributed by atoms with Crippen LogP contribution >= 0.6 is 0 Å². The summed E-state index contributed by atoms with van der Waals surface area (Å²) < 4.78 is 9.95. The second-order valence-electron chi connectivity index (χ2n) is 8.23. The molecule has 4 aromatic heterocycles. The smallest absolute Gasteiger partial charge is 0.330 e. The zero-order chi connectivity index (χ0) is 24.5. The van der Waals surface area contributed by atoms with E-state index in [1.807, 2.05) is 70.7 Å². The maximum Gasteiger partial charge on any atom is 0.330 e. The van der Waals surface area contributed by atoms with Crippen molar-refractivity contribution in [2.45, 2.75) is 32.9 Å². The quantitative estimate of drug-likeness (QED) is 0.362. The van der Waals surface area contributed by atoms with Gasteiger partial charge in [-0.25, -0.2) is 14.8 Å². The normalized spacial score (nSPS) is 11.4. The molecule has 1 aromatic carbocycles. The highest BCUT2D eigenvalue weighted by molar-refractivity contribution is 5.72. The Morgan fingerprint density at radius 3 is 2.51 bits per heavy atom. The lowest BCUT2D eigenvalue weighted by atomic mass is 10.1. The van der Waals surface area contributed by atoms with Gasteiger partial charge < -0.3 is 13.7 Å². The first kappa shape index (κ1) is 22.3. The number of benzene rings is 1. The average molecular weight is 473 g/mol. The van der Waals surface area contributed by atoms with Crippen LogP contribution in [0.4, 0.5) is 0 Å². The number of H-pyrrole nitrogens is 1. The van der Waals surface area contributed by atoms with Crippen molar-refractivity contribution in [3.63, 3.8) is 0 Å². The number of hydrogen-bond acceptors (Lipinski definition) is 6. The van der Waals surface area contributed by atoms with Crippen LogP contribution in [0, 0.1) is 0 Å². The molecule has 0 bridgehead atoms. The van der Waals surface area contributed by atoms with Crippen molar-refractivity contribution < 1.29 is 9.53 Å². The van der Waals surface area contributed by atoms with E-state index >= 15 is 0 Å². The molecule has 0 saturated carbocycles. The predicted octanol–water partition coefficient (Wildman–Crippen LogP) is 1.91. The molecule has 0 aliphatic heterocycles. The topological polar surface area (TPSA) is 116 Å². The summed E-state index contributed by atoms with van der Waals surface area (Å²) in [6, 6.07) is 13.3. The number of aromatic amines is 1. The van der Waals surface area contributed by atoms with E-state index < -0.39 is 11.2 Å². The van der Waals surface area contributed by atoms with Crippen molar-refractivity contribution in [3.05, 3.63) is 98.3 Å². The van der Waals surface area contributed by atoms with Gasteiger partial charge in [-0.2, -0.15) is 0 Å². The number of esters is 1. The number of methoxy groups -OCH3 is 1. The lowest BCUT2D eigenvalue weighted by Gasteiger charge is -2.10. The standard InChI is InChI=1S/C25H24N6O4/c1-3-30-23-22(24(33)28-25(30)34)31(14-17-9-7-16(8-10-17)12-21(32)35-2)20(27-23)13-18-15-29-11-5-4-6-19(29)26-18/h4-11,15H,3,12-14H2,1-2H3,(H,28,33,34). The van der Waals surface area contributed by atoms with Gasteiger partial charge in [0.2, 0.25) is 0 Å². The number of imidazole rings is 2. The van der Waals surface area contributed by atoms with Crippen molar-refractivity contribution in [1.29, 1.82) is 0 Å². The fourth-order valence-electron chi connectivity index (χ4n) is 4.23. The van der Waals surface area contributed by atoms with Crippen molar-refractivity contribution >= 4 is 22.8 Å². The number of rotatable bonds is 7. The number of carbonyl (C=O) groups excluding carboxylic acids is 1. The molecule has 10 nitrogen and oxygen atoms in total. The minimum Gasteiger partial charge on any atom is -0.469 e. The summed E-state index contributed by atoms with van der Waals surface area (Å²) >= 11 is 0. The van der Waals surface area contributed by atoms with Crippen LogP contribution in [-0.2, 0) is 35.5 Å². The van der Waals surface area contributed by atoms with Crippen LogP contribution in [0.5, 0.6) is 0 Å². The monoisotopic (exact) mass is 472 g/mol. The SMILES string of the molecule is CCn1c(=O)[nH]c(=O)c2c1nc(Cc1cn3ccccc3n1)n2Cc1ccc(CC(=O)OC)cc1. The van der Waals surface area contributed by atoms with Gasteiger partial charge in [-0.05, 0) is 30.2 Å². The van der Waals surface area contributed by atoms with Gasteiger partial charge >= 0.3 is 11.7 Å². The van der Waals surface area contributed by atoms with Crippen molar-refractivity contribution in [1.82, 2.24) is 28.5 Å². The Balaban J connectivity index is 1.59. The summed E-state index contributed by atoms with van der Waals surface area (Å²) in [4.78, 5) is 48.7. The van der Waals surface area contributed by atoms with Crippen molar-refractivity contribution in [3.8, 4) is 0 Å². The molecule has 10 heteroatoms. The molecule has 0 atom stereocenters. The summed E-state index contributed by atoms with van der Waals surface area (Å²) in [5, 5.41) is 0. The molecule has 5 aromatic rings. The van der Waals surface area contributed by atoms with Crippen LogP contribution in [0.2, 0.25) is 0 Å². The molecule has 0 aliphatic carbocycles. The van der Waals surface area contributed by atoms with E-state index in [1.165, 1.54) is 11.7 Å². The number of hydrogen-bond donors (Lipinski definition) is 1. The van der Waals surface area contributed by atoms with E-state index in [9.17, 15) is 14.4 Å². The van der Waals surface area contributed by atoms with E-state index in [0.29, 0.717) is 36.5 Å². The first-order valence-electron chi connectivity index (χ1n) is 11.3. The second-order valence-corrected chi connectivity index (χ2v) is 8.23. The first-order valence-corrected chi connectivity index (χ1v) is 11.3. The lowest BCUT2D eigenvalue weighted by Crippen LogP contribution is -2.30. The molecule has 35 heavy (non-hydrogen) atoms. The largest absolute Gasteiger partial charge is 0.469 e. The van der Waals surface area contributed by atoms with Gasteiger partial charge in [0.05, 0.1) is 19.2 Å². The van der Waals surface area contributed by atoms with Gasteiger partial charge in [-0.3, -0.25) is 19.1 Å². The minimum absolute atomic E-state index is 0.187. The van der Waals surface area contributed by atoms with Crippen LogP contribution in [-0.4, -0.2) is 41.6 Å². The van der Waals surface area contributed by atoms with E-state index in [-0.39, 0.29) is 12.4 Å². The molecule has 178 valence electrons. The highest BCUT2D eigenvalue weighted by Crippen LogP contribution is 2.18. The molecule has 5 rings (SSSR count). The number of ether oxygens (including phenoxy) is 1. The van der Waals surface area contributed by atoms with Crippen LogP contribution in [0.1, 0.15) is 29.6 Å². The number of aryl methyl sites for hydroxylation is 1. The maximum atomic E-state index is 12.9. The van der Waals surface area contributed by atoms with Crippen molar-refractivity contribution in [2.24, 2.45) is 0 Å². The number of nitrogens with zero attached hydrogens (tertiary/aromatic N) is 5. The van der Waals surface area contributed by atoms with Crippen LogP contribution < -0.4 is 11.2 Å². The van der Waals surface area contributed by atoms with Gasteiger partial charge in [-0.15, -0.1) is 0 Å². The van der Waals surface area contributed by atoms with Crippen LogP contribution in [0.3, 0.4) is 0 Å². The molecule has 0 saturated heterocycles. The number of carbonyl (C=O) groups is 1. The highest BCUT2D eigenvalue weighted by Gasteiger charge is 2.19.